The van der Waals surface area contributed by atoms with Crippen molar-refractivity contribution in [2.75, 3.05) is 6.54 Å². The summed E-state index contributed by atoms with van der Waals surface area (Å²) in [5, 5.41) is 11.1. The summed E-state index contributed by atoms with van der Waals surface area (Å²) in [5.41, 5.74) is -1.34. The van der Waals surface area contributed by atoms with Crippen molar-refractivity contribution in [3.05, 3.63) is 35.1 Å². The lowest BCUT2D eigenvalue weighted by molar-refractivity contribution is -0.140. The highest BCUT2D eigenvalue weighted by atomic mass is 19.4. The average molecular weight is 287 g/mol. The quantitative estimate of drug-likeness (QED) is 0.816. The molecule has 2 N–H and O–H groups in total. The molecule has 0 aliphatic rings. The Balaban J connectivity index is 2.66. The molecule has 0 aliphatic carbocycles. The summed E-state index contributed by atoms with van der Waals surface area (Å²) in [6, 6.07) is 2.35. The molecule has 1 aromatic carbocycles. The third-order valence-corrected chi connectivity index (χ3v) is 2.31. The minimum absolute atomic E-state index is 0.0789. The summed E-state index contributed by atoms with van der Waals surface area (Å²) in [5.74, 6) is -1.40. The maximum absolute atomic E-state index is 12.9. The van der Waals surface area contributed by atoms with E-state index in [0.717, 1.165) is 6.07 Å². The molecule has 0 aromatic heterocycles. The number of hydrogen-bond acceptors (Lipinski definition) is 2. The van der Waals surface area contributed by atoms with Crippen LogP contribution >= 0.6 is 0 Å². The van der Waals surface area contributed by atoms with Crippen LogP contribution in [-0.4, -0.2) is 24.2 Å². The van der Waals surface area contributed by atoms with Crippen molar-refractivity contribution in [2.24, 2.45) is 0 Å². The Hall–Kier alpha value is -1.28. The normalized spacial score (nSPS) is 13.9. The Morgan fingerprint density at radius 3 is 2.37 bits per heavy atom. The SMILES string of the molecule is OC(CNCc1ccc(F)c(C(F)(F)F)c1)C(F)F. The molecule has 8 heteroatoms. The topological polar surface area (TPSA) is 32.3 Å². The molecular formula is C11H11F6NO. The zero-order valence-corrected chi connectivity index (χ0v) is 9.52. The predicted molar refractivity (Wildman–Crippen MR) is 55.1 cm³/mol. The van der Waals surface area contributed by atoms with E-state index in [4.69, 9.17) is 5.11 Å². The molecule has 0 bridgehead atoms. The van der Waals surface area contributed by atoms with Crippen molar-refractivity contribution in [2.45, 2.75) is 25.3 Å². The van der Waals surface area contributed by atoms with E-state index in [1.165, 1.54) is 0 Å². The molecule has 0 saturated heterocycles. The van der Waals surface area contributed by atoms with Gasteiger partial charge in [0.05, 0.1) is 5.56 Å². The van der Waals surface area contributed by atoms with Crippen LogP contribution in [0.4, 0.5) is 26.3 Å². The van der Waals surface area contributed by atoms with Crippen molar-refractivity contribution < 1.29 is 31.4 Å². The zero-order chi connectivity index (χ0) is 14.6. The number of rotatable bonds is 5. The third-order valence-electron chi connectivity index (χ3n) is 2.31. The first kappa shape index (κ1) is 15.8. The van der Waals surface area contributed by atoms with Crippen molar-refractivity contribution >= 4 is 0 Å². The van der Waals surface area contributed by atoms with Crippen LogP contribution in [-0.2, 0) is 12.7 Å². The first-order valence-corrected chi connectivity index (χ1v) is 5.24. The van der Waals surface area contributed by atoms with Crippen molar-refractivity contribution in [3.63, 3.8) is 0 Å². The Morgan fingerprint density at radius 2 is 1.84 bits per heavy atom. The Kier molecular flexibility index (Phi) is 5.19. The monoisotopic (exact) mass is 287 g/mol. The van der Waals surface area contributed by atoms with E-state index >= 15 is 0 Å². The van der Waals surface area contributed by atoms with Crippen LogP contribution in [0.1, 0.15) is 11.1 Å². The first-order valence-electron chi connectivity index (χ1n) is 5.24. The maximum atomic E-state index is 12.9. The minimum atomic E-state index is -4.82. The molecule has 1 unspecified atom stereocenters. The summed E-state index contributed by atoms with van der Waals surface area (Å²) in [4.78, 5) is 0. The lowest BCUT2D eigenvalue weighted by atomic mass is 10.1. The molecule has 1 atom stereocenters. The molecule has 1 rings (SSSR count). The van der Waals surface area contributed by atoms with Gasteiger partial charge in [-0.1, -0.05) is 6.07 Å². The van der Waals surface area contributed by atoms with Gasteiger partial charge >= 0.3 is 6.18 Å². The number of hydrogen-bond donors (Lipinski definition) is 2. The van der Waals surface area contributed by atoms with Gasteiger partial charge in [0, 0.05) is 13.1 Å². The van der Waals surface area contributed by atoms with Crippen LogP contribution in [0.15, 0.2) is 18.2 Å². The van der Waals surface area contributed by atoms with Gasteiger partial charge in [0.25, 0.3) is 6.43 Å². The lowest BCUT2D eigenvalue weighted by Crippen LogP contribution is -2.31. The van der Waals surface area contributed by atoms with Crippen LogP contribution in [0.2, 0.25) is 0 Å². The van der Waals surface area contributed by atoms with E-state index in [9.17, 15) is 26.3 Å². The molecule has 0 saturated carbocycles. The first-order chi connectivity index (χ1) is 8.71. The van der Waals surface area contributed by atoms with E-state index in [1.54, 1.807) is 0 Å². The fourth-order valence-electron chi connectivity index (χ4n) is 1.35. The number of alkyl halides is 5. The fraction of sp³-hybridized carbons (Fsp3) is 0.455. The van der Waals surface area contributed by atoms with Gasteiger partial charge in [0.1, 0.15) is 11.9 Å². The van der Waals surface area contributed by atoms with Gasteiger partial charge in [0.2, 0.25) is 0 Å². The Bertz CT molecular complexity index is 420. The van der Waals surface area contributed by atoms with E-state index in [2.05, 4.69) is 5.32 Å². The summed E-state index contributed by atoms with van der Waals surface area (Å²) >= 11 is 0. The molecule has 1 aromatic rings. The van der Waals surface area contributed by atoms with Crippen LogP contribution < -0.4 is 5.32 Å². The molecule has 0 amide bonds. The second-order valence-electron chi connectivity index (χ2n) is 3.84. The molecule has 0 aliphatic heterocycles. The molecular weight excluding hydrogens is 276 g/mol. The molecule has 108 valence electrons. The zero-order valence-electron chi connectivity index (χ0n) is 9.52. The molecule has 19 heavy (non-hydrogen) atoms. The number of aliphatic hydroxyl groups excluding tert-OH is 1. The molecule has 0 fully saturated rings. The summed E-state index contributed by atoms with van der Waals surface area (Å²) < 4.78 is 74.0. The maximum Gasteiger partial charge on any atom is 0.419 e. The van der Waals surface area contributed by atoms with Crippen LogP contribution in [0, 0.1) is 5.82 Å². The van der Waals surface area contributed by atoms with Gasteiger partial charge in [-0.3, -0.25) is 0 Å². The van der Waals surface area contributed by atoms with Gasteiger partial charge in [-0.05, 0) is 17.7 Å². The van der Waals surface area contributed by atoms with Crippen molar-refractivity contribution in [1.82, 2.24) is 5.32 Å². The van der Waals surface area contributed by atoms with Gasteiger partial charge in [-0.25, -0.2) is 13.2 Å². The highest BCUT2D eigenvalue weighted by Gasteiger charge is 2.34. The predicted octanol–water partition coefficient (Wildman–Crippen LogP) is 2.56. The largest absolute Gasteiger partial charge is 0.419 e. The summed E-state index contributed by atoms with van der Waals surface area (Å²) in [6.07, 6.45) is -9.66. The molecule has 0 spiro atoms. The molecule has 0 radical (unpaired) electrons. The Morgan fingerprint density at radius 1 is 1.21 bits per heavy atom. The molecule has 0 heterocycles. The van der Waals surface area contributed by atoms with Crippen molar-refractivity contribution in [3.8, 4) is 0 Å². The highest BCUT2D eigenvalue weighted by molar-refractivity contribution is 5.27. The highest BCUT2D eigenvalue weighted by Crippen LogP contribution is 2.31. The van der Waals surface area contributed by atoms with Gasteiger partial charge in [-0.15, -0.1) is 0 Å². The van der Waals surface area contributed by atoms with E-state index in [0.29, 0.717) is 12.1 Å². The number of halogens is 6. The van der Waals surface area contributed by atoms with E-state index < -0.39 is 36.6 Å². The Labute approximate surface area is 105 Å². The van der Waals surface area contributed by atoms with Crippen LogP contribution in [0.5, 0.6) is 0 Å². The summed E-state index contributed by atoms with van der Waals surface area (Å²) in [6.45, 7) is -0.663. The van der Waals surface area contributed by atoms with Crippen molar-refractivity contribution in [1.29, 1.82) is 0 Å². The minimum Gasteiger partial charge on any atom is -0.386 e. The fourth-order valence-corrected chi connectivity index (χ4v) is 1.35. The summed E-state index contributed by atoms with van der Waals surface area (Å²) in [7, 11) is 0. The smallest absolute Gasteiger partial charge is 0.386 e. The number of aliphatic hydroxyl groups is 1. The molecule has 2 nitrogen and oxygen atoms in total. The number of nitrogens with one attached hydrogen (secondary N) is 1. The third kappa shape index (κ3) is 4.71. The van der Waals surface area contributed by atoms with Crippen LogP contribution in [0.3, 0.4) is 0 Å². The van der Waals surface area contributed by atoms with E-state index in [1.807, 2.05) is 0 Å². The van der Waals surface area contributed by atoms with Crippen LogP contribution in [0.25, 0.3) is 0 Å². The van der Waals surface area contributed by atoms with E-state index in [-0.39, 0.29) is 12.1 Å². The lowest BCUT2D eigenvalue weighted by Gasteiger charge is -2.12. The van der Waals surface area contributed by atoms with Gasteiger partial charge < -0.3 is 10.4 Å². The van der Waals surface area contributed by atoms with Gasteiger partial charge in [0.15, 0.2) is 0 Å². The number of benzene rings is 1. The standard InChI is InChI=1S/C11H11F6NO/c12-8-2-1-6(3-7(8)11(15,16)17)4-18-5-9(19)10(13)14/h1-3,9-10,18-19H,4-5H2. The second-order valence-corrected chi connectivity index (χ2v) is 3.84. The van der Waals surface area contributed by atoms with Gasteiger partial charge in [-0.2, -0.15) is 13.2 Å². The average Bonchev–Trinajstić information content (AvgIpc) is 2.29. The second kappa shape index (κ2) is 6.25.